The van der Waals surface area contributed by atoms with Gasteiger partial charge in [0.25, 0.3) is 0 Å². The molecule has 3 heterocycles. The van der Waals surface area contributed by atoms with Gasteiger partial charge in [-0.25, -0.2) is 4.98 Å². The topological polar surface area (TPSA) is 83.7 Å². The number of piperidine rings is 1. The standard InChI is InChI=1S/C15H20N6/c16-15-18-13(10-3-4-10)8-14(19-15)21-7-1-2-11(9-21)12-5-6-17-20-12/h5-6,8,10-11H,1-4,7,9H2,(H,17,20)(H2,16,18,19). The number of hydrogen-bond donors (Lipinski definition) is 2. The summed E-state index contributed by atoms with van der Waals surface area (Å²) in [4.78, 5) is 11.2. The average molecular weight is 284 g/mol. The van der Waals surface area contributed by atoms with Crippen molar-refractivity contribution in [1.29, 1.82) is 0 Å². The number of anilines is 2. The Balaban J connectivity index is 1.57. The van der Waals surface area contributed by atoms with E-state index in [9.17, 15) is 0 Å². The molecule has 1 saturated heterocycles. The molecule has 0 radical (unpaired) electrons. The first-order chi connectivity index (χ1) is 10.3. The number of nitrogens with two attached hydrogens (primary N) is 1. The van der Waals surface area contributed by atoms with Crippen LogP contribution in [0.2, 0.25) is 0 Å². The van der Waals surface area contributed by atoms with Gasteiger partial charge in [0.05, 0.1) is 5.69 Å². The molecule has 21 heavy (non-hydrogen) atoms. The molecule has 2 aromatic heterocycles. The molecule has 1 aliphatic carbocycles. The van der Waals surface area contributed by atoms with E-state index in [0.717, 1.165) is 31.0 Å². The summed E-state index contributed by atoms with van der Waals surface area (Å²) in [5, 5.41) is 7.16. The largest absolute Gasteiger partial charge is 0.368 e. The fourth-order valence-electron chi connectivity index (χ4n) is 3.15. The van der Waals surface area contributed by atoms with Gasteiger partial charge in [-0.3, -0.25) is 5.10 Å². The van der Waals surface area contributed by atoms with Gasteiger partial charge in [0.1, 0.15) is 5.82 Å². The maximum absolute atomic E-state index is 5.90. The van der Waals surface area contributed by atoms with E-state index in [1.807, 2.05) is 6.20 Å². The summed E-state index contributed by atoms with van der Waals surface area (Å²) in [5.74, 6) is 2.47. The lowest BCUT2D eigenvalue weighted by molar-refractivity contribution is 0.498. The van der Waals surface area contributed by atoms with E-state index in [4.69, 9.17) is 5.73 Å². The molecule has 1 saturated carbocycles. The van der Waals surface area contributed by atoms with Crippen LogP contribution in [0.25, 0.3) is 0 Å². The lowest BCUT2D eigenvalue weighted by atomic mass is 9.95. The number of hydrogen-bond acceptors (Lipinski definition) is 5. The summed E-state index contributed by atoms with van der Waals surface area (Å²) >= 11 is 0. The first-order valence-corrected chi connectivity index (χ1v) is 7.68. The molecule has 0 bridgehead atoms. The minimum atomic E-state index is 0.401. The molecular formula is C15H20N6. The van der Waals surface area contributed by atoms with Crippen LogP contribution in [0.5, 0.6) is 0 Å². The van der Waals surface area contributed by atoms with E-state index in [1.165, 1.54) is 25.0 Å². The van der Waals surface area contributed by atoms with Crippen LogP contribution in [0.4, 0.5) is 11.8 Å². The zero-order chi connectivity index (χ0) is 14.2. The first-order valence-electron chi connectivity index (χ1n) is 7.68. The van der Waals surface area contributed by atoms with Gasteiger partial charge in [-0.15, -0.1) is 0 Å². The second-order valence-electron chi connectivity index (χ2n) is 6.08. The fourth-order valence-corrected chi connectivity index (χ4v) is 3.15. The SMILES string of the molecule is Nc1nc(C2CC2)cc(N2CCCC(c3ccn[nH]3)C2)n1. The number of aromatic nitrogens is 4. The van der Waals surface area contributed by atoms with Crippen molar-refractivity contribution in [3.63, 3.8) is 0 Å². The van der Waals surface area contributed by atoms with Gasteiger partial charge in [-0.1, -0.05) is 0 Å². The first kappa shape index (κ1) is 12.6. The molecule has 6 nitrogen and oxygen atoms in total. The number of nitrogen functional groups attached to an aromatic ring is 1. The lowest BCUT2D eigenvalue weighted by Crippen LogP contribution is -2.35. The Morgan fingerprint density at radius 2 is 2.10 bits per heavy atom. The smallest absolute Gasteiger partial charge is 0.222 e. The Bertz CT molecular complexity index is 619. The van der Waals surface area contributed by atoms with Crippen molar-refractivity contribution >= 4 is 11.8 Å². The number of nitrogens with zero attached hydrogens (tertiary/aromatic N) is 4. The monoisotopic (exact) mass is 284 g/mol. The molecule has 0 aromatic carbocycles. The normalized spacial score (nSPS) is 22.5. The minimum absolute atomic E-state index is 0.401. The Labute approximate surface area is 123 Å². The van der Waals surface area contributed by atoms with E-state index in [1.54, 1.807) is 0 Å². The minimum Gasteiger partial charge on any atom is -0.368 e. The van der Waals surface area contributed by atoms with Crippen LogP contribution in [0, 0.1) is 0 Å². The highest BCUT2D eigenvalue weighted by molar-refractivity contribution is 5.46. The molecule has 110 valence electrons. The zero-order valence-corrected chi connectivity index (χ0v) is 12.0. The highest BCUT2D eigenvalue weighted by atomic mass is 15.2. The van der Waals surface area contributed by atoms with Crippen LogP contribution in [-0.2, 0) is 0 Å². The lowest BCUT2D eigenvalue weighted by Gasteiger charge is -2.33. The van der Waals surface area contributed by atoms with E-state index in [0.29, 0.717) is 17.8 Å². The zero-order valence-electron chi connectivity index (χ0n) is 12.0. The third kappa shape index (κ3) is 2.57. The quantitative estimate of drug-likeness (QED) is 0.901. The van der Waals surface area contributed by atoms with E-state index < -0.39 is 0 Å². The third-order valence-electron chi connectivity index (χ3n) is 4.45. The summed E-state index contributed by atoms with van der Waals surface area (Å²) in [6.07, 6.45) is 6.63. The van der Waals surface area contributed by atoms with E-state index >= 15 is 0 Å². The van der Waals surface area contributed by atoms with E-state index in [-0.39, 0.29) is 0 Å². The van der Waals surface area contributed by atoms with Crippen molar-refractivity contribution in [3.05, 3.63) is 29.7 Å². The van der Waals surface area contributed by atoms with Crippen molar-refractivity contribution in [2.45, 2.75) is 37.5 Å². The highest BCUT2D eigenvalue weighted by Crippen LogP contribution is 2.40. The summed E-state index contributed by atoms with van der Waals surface area (Å²) < 4.78 is 0. The fraction of sp³-hybridized carbons (Fsp3) is 0.533. The van der Waals surface area contributed by atoms with Gasteiger partial charge in [-0.2, -0.15) is 10.1 Å². The van der Waals surface area contributed by atoms with Gasteiger partial charge < -0.3 is 10.6 Å². The molecule has 1 unspecified atom stereocenters. The third-order valence-corrected chi connectivity index (χ3v) is 4.45. The Hall–Kier alpha value is -2.11. The van der Waals surface area contributed by atoms with Crippen molar-refractivity contribution in [2.24, 2.45) is 0 Å². The Morgan fingerprint density at radius 3 is 2.86 bits per heavy atom. The Morgan fingerprint density at radius 1 is 1.19 bits per heavy atom. The molecule has 2 aromatic rings. The molecule has 0 amide bonds. The maximum atomic E-state index is 5.90. The molecular weight excluding hydrogens is 264 g/mol. The second kappa shape index (κ2) is 5.02. The van der Waals surface area contributed by atoms with Crippen LogP contribution >= 0.6 is 0 Å². The predicted molar refractivity (Wildman–Crippen MR) is 81.2 cm³/mol. The molecule has 0 spiro atoms. The summed E-state index contributed by atoms with van der Waals surface area (Å²) in [6.45, 7) is 1.99. The van der Waals surface area contributed by atoms with Crippen molar-refractivity contribution < 1.29 is 0 Å². The van der Waals surface area contributed by atoms with Crippen molar-refractivity contribution in [3.8, 4) is 0 Å². The number of H-pyrrole nitrogens is 1. The predicted octanol–water partition coefficient (Wildman–Crippen LogP) is 2.04. The number of aromatic amines is 1. The van der Waals surface area contributed by atoms with E-state index in [2.05, 4.69) is 37.2 Å². The van der Waals surface area contributed by atoms with Crippen LogP contribution < -0.4 is 10.6 Å². The molecule has 6 heteroatoms. The van der Waals surface area contributed by atoms with Crippen molar-refractivity contribution in [2.75, 3.05) is 23.7 Å². The van der Waals surface area contributed by atoms with Gasteiger partial charge in [0.15, 0.2) is 0 Å². The number of nitrogens with one attached hydrogen (secondary N) is 1. The van der Waals surface area contributed by atoms with Crippen molar-refractivity contribution in [1.82, 2.24) is 20.2 Å². The summed E-state index contributed by atoms with van der Waals surface area (Å²) in [5.41, 5.74) is 8.22. The van der Waals surface area contributed by atoms with Gasteiger partial charge >= 0.3 is 0 Å². The molecule has 4 rings (SSSR count). The van der Waals surface area contributed by atoms with Crippen LogP contribution in [-0.4, -0.2) is 33.3 Å². The number of rotatable bonds is 3. The molecule has 1 atom stereocenters. The average Bonchev–Trinajstić information content (AvgIpc) is 3.22. The second-order valence-corrected chi connectivity index (χ2v) is 6.08. The molecule has 1 aliphatic heterocycles. The molecule has 2 aliphatic rings. The summed E-state index contributed by atoms with van der Waals surface area (Å²) in [7, 11) is 0. The van der Waals surface area contributed by atoms with Gasteiger partial charge in [0, 0.05) is 42.9 Å². The van der Waals surface area contributed by atoms with Crippen LogP contribution in [0.3, 0.4) is 0 Å². The molecule has 3 N–H and O–H groups in total. The maximum Gasteiger partial charge on any atom is 0.222 e. The summed E-state index contributed by atoms with van der Waals surface area (Å²) in [6, 6.07) is 4.20. The van der Waals surface area contributed by atoms with Crippen LogP contribution in [0.1, 0.15) is 48.9 Å². The van der Waals surface area contributed by atoms with Crippen LogP contribution in [0.15, 0.2) is 18.3 Å². The highest BCUT2D eigenvalue weighted by Gasteiger charge is 2.28. The Kier molecular flexibility index (Phi) is 3.02. The van der Waals surface area contributed by atoms with Gasteiger partial charge in [0.2, 0.25) is 5.95 Å². The van der Waals surface area contributed by atoms with Gasteiger partial charge in [-0.05, 0) is 31.7 Å². The molecule has 2 fully saturated rings.